The van der Waals surface area contributed by atoms with Crippen molar-refractivity contribution in [1.29, 1.82) is 0 Å². The van der Waals surface area contributed by atoms with Gasteiger partial charge in [-0.1, -0.05) is 84.9 Å². The van der Waals surface area contributed by atoms with Crippen LogP contribution in [0.3, 0.4) is 0 Å². The Bertz CT molecular complexity index is 1440. The van der Waals surface area contributed by atoms with Gasteiger partial charge in [-0.15, -0.1) is 35.7 Å². The third-order valence-corrected chi connectivity index (χ3v) is 6.29. The van der Waals surface area contributed by atoms with E-state index < -0.39 is 0 Å². The lowest BCUT2D eigenvalue weighted by atomic mass is 10.1. The highest BCUT2D eigenvalue weighted by Crippen LogP contribution is 2.15. The van der Waals surface area contributed by atoms with Crippen LogP contribution in [0.5, 0.6) is 0 Å². The summed E-state index contributed by atoms with van der Waals surface area (Å²) < 4.78 is 5.44. The third kappa shape index (κ3) is 17.8. The normalized spacial score (nSPS) is 10.1. The van der Waals surface area contributed by atoms with E-state index in [9.17, 15) is 0 Å². The lowest BCUT2D eigenvalue weighted by Crippen LogP contribution is -2.04. The first-order chi connectivity index (χ1) is 23.5. The Balaban J connectivity index is 0. The van der Waals surface area contributed by atoms with Crippen LogP contribution < -0.4 is 0 Å². The minimum absolute atomic E-state index is 0.311. The number of hydrogen-bond donors (Lipinski definition) is 0. The molecular weight excluding hydrogens is 634 g/mol. The predicted molar refractivity (Wildman–Crippen MR) is 199 cm³/mol. The van der Waals surface area contributed by atoms with Crippen LogP contribution in [0.15, 0.2) is 12.4 Å². The average Bonchev–Trinajstić information content (AvgIpc) is 3.91. The van der Waals surface area contributed by atoms with Crippen LogP contribution in [0.1, 0.15) is 161 Å². The van der Waals surface area contributed by atoms with Gasteiger partial charge in [0, 0.05) is 32.3 Å². The number of rotatable bonds is 5. The molecule has 0 aromatic carbocycles. The molecule has 0 bridgehead atoms. The Morgan fingerprint density at radius 1 is 0.560 bits per heavy atom. The third-order valence-electron chi connectivity index (χ3n) is 6.29. The summed E-state index contributed by atoms with van der Waals surface area (Å²) in [6.07, 6.45) is 3.53. The molecule has 0 atom stereocenters. The van der Waals surface area contributed by atoms with Crippen molar-refractivity contribution in [2.45, 2.75) is 148 Å². The molecule has 0 aliphatic heterocycles. The molecule has 17 heteroatoms. The van der Waals surface area contributed by atoms with Crippen LogP contribution in [0.25, 0.3) is 0 Å². The smallest absolute Gasteiger partial charge is 0.177 e. The van der Waals surface area contributed by atoms with E-state index in [1.54, 1.807) is 27.4 Å². The van der Waals surface area contributed by atoms with Crippen LogP contribution in [0, 0.1) is 20.8 Å². The van der Waals surface area contributed by atoms with E-state index in [0.717, 1.165) is 28.7 Å². The summed E-state index contributed by atoms with van der Waals surface area (Å²) in [4.78, 5) is 3.06. The maximum atomic E-state index is 4.03. The molecule has 0 amide bonds. The largest absolute Gasteiger partial charge is 0.252 e. The second-order valence-electron chi connectivity index (χ2n) is 12.2. The zero-order chi connectivity index (χ0) is 39.1. The average molecular weight is 702 g/mol. The monoisotopic (exact) mass is 702 g/mol. The first kappa shape index (κ1) is 47.7. The highest BCUT2D eigenvalue weighted by molar-refractivity contribution is 5.11. The van der Waals surface area contributed by atoms with Gasteiger partial charge in [-0.3, -0.25) is 14.0 Å². The zero-order valence-corrected chi connectivity index (χ0v) is 34.6. The van der Waals surface area contributed by atoms with Crippen molar-refractivity contribution in [3.63, 3.8) is 0 Å². The highest BCUT2D eigenvalue weighted by atomic mass is 15.6. The van der Waals surface area contributed by atoms with Crippen molar-refractivity contribution in [3.8, 4) is 0 Å². The minimum atomic E-state index is 0.311. The van der Waals surface area contributed by atoms with Crippen LogP contribution in [0.4, 0.5) is 0 Å². The van der Waals surface area contributed by atoms with Crippen LogP contribution in [-0.2, 0) is 21.1 Å². The van der Waals surface area contributed by atoms with Crippen LogP contribution in [-0.4, -0.2) is 85.4 Å². The van der Waals surface area contributed by atoms with Crippen LogP contribution >= 0.6 is 0 Å². The van der Waals surface area contributed by atoms with E-state index in [4.69, 9.17) is 0 Å². The van der Waals surface area contributed by atoms with Gasteiger partial charge in [0.15, 0.2) is 11.6 Å². The van der Waals surface area contributed by atoms with E-state index in [2.05, 4.69) is 103 Å². The second-order valence-corrected chi connectivity index (χ2v) is 12.2. The molecule has 0 aliphatic rings. The van der Waals surface area contributed by atoms with Gasteiger partial charge in [0.25, 0.3) is 0 Å². The minimum Gasteiger partial charge on any atom is -0.252 e. The summed E-state index contributed by atoms with van der Waals surface area (Å²) >= 11 is 0. The maximum Gasteiger partial charge on any atom is 0.177 e. The van der Waals surface area contributed by atoms with Gasteiger partial charge in [-0.2, -0.15) is 9.59 Å². The van der Waals surface area contributed by atoms with E-state index in [-0.39, 0.29) is 0 Å². The standard InChI is InChI=1S/2C7H13N3.2C5H10N4.C5H9N3.2C2H6/c1-5(2)7-6(3)10(4)9-8-7;1-5(2)7-6(3)8-9-10(7)4;1-4(2)5-6-8-9(3)7-5;1-4(2)9-7-5(3)6-8-9;1-5(2)8-4-3-6-7-8;2*1-2/h2*5H,1-4H3;2*4H,1-3H3;3-5H,1-2H3;2*1-2H3. The SMILES string of the molecule is CC.CC.CC(C)c1nnn(C)n1.CC(C)n1ccnn1.Cc1c(C(C)C)nnn1C.Cc1nnn(C(C)C)n1.Cc1nnn(C)c1C(C)C. The van der Waals surface area contributed by atoms with Gasteiger partial charge in [0.05, 0.1) is 42.1 Å². The molecule has 284 valence electrons. The molecule has 0 saturated heterocycles. The first-order valence-electron chi connectivity index (χ1n) is 17.5. The fourth-order valence-electron chi connectivity index (χ4n) is 3.75. The summed E-state index contributed by atoms with van der Waals surface area (Å²) in [5.41, 5.74) is 4.52. The second kappa shape index (κ2) is 25.5. The van der Waals surface area contributed by atoms with Crippen molar-refractivity contribution in [3.05, 3.63) is 46.8 Å². The fourth-order valence-corrected chi connectivity index (χ4v) is 3.75. The molecule has 0 unspecified atom stereocenters. The van der Waals surface area contributed by atoms with Gasteiger partial charge in [0.1, 0.15) is 0 Å². The molecule has 0 N–H and O–H groups in total. The molecule has 0 fully saturated rings. The summed E-state index contributed by atoms with van der Waals surface area (Å²) in [5.74, 6) is 2.90. The summed E-state index contributed by atoms with van der Waals surface area (Å²) in [7, 11) is 5.60. The van der Waals surface area contributed by atoms with E-state index in [0.29, 0.717) is 29.8 Å². The number of aryl methyl sites for hydroxylation is 5. The van der Waals surface area contributed by atoms with Gasteiger partial charge >= 0.3 is 0 Å². The summed E-state index contributed by atoms with van der Waals surface area (Å²) in [5, 5.41) is 46.3. The van der Waals surface area contributed by atoms with Crippen molar-refractivity contribution in [2.24, 2.45) is 21.1 Å². The summed E-state index contributed by atoms with van der Waals surface area (Å²) in [6.45, 7) is 34.6. The molecular formula is C33H67N17. The Morgan fingerprint density at radius 2 is 1.14 bits per heavy atom. The van der Waals surface area contributed by atoms with Crippen molar-refractivity contribution in [1.82, 2.24) is 85.4 Å². The van der Waals surface area contributed by atoms with Crippen molar-refractivity contribution in [2.75, 3.05) is 0 Å². The van der Waals surface area contributed by atoms with Gasteiger partial charge in [-0.05, 0) is 70.7 Å². The molecule has 5 rings (SSSR count). The van der Waals surface area contributed by atoms with Gasteiger partial charge < -0.3 is 0 Å². The van der Waals surface area contributed by atoms with E-state index in [1.807, 2.05) is 101 Å². The molecule has 0 spiro atoms. The zero-order valence-electron chi connectivity index (χ0n) is 34.6. The Kier molecular flexibility index (Phi) is 24.3. The fraction of sp³-hybridized carbons (Fsp3) is 0.758. The predicted octanol–water partition coefficient (Wildman–Crippen LogP) is 6.30. The Morgan fingerprint density at radius 3 is 1.34 bits per heavy atom. The number of nitrogens with zero attached hydrogens (tertiary/aromatic N) is 17. The molecule has 5 aromatic heterocycles. The Hall–Kier alpha value is -4.44. The lowest BCUT2D eigenvalue weighted by molar-refractivity contribution is 0.454. The summed E-state index contributed by atoms with van der Waals surface area (Å²) in [6, 6.07) is 0.740. The van der Waals surface area contributed by atoms with Gasteiger partial charge in [0.2, 0.25) is 0 Å². The molecule has 0 aliphatic carbocycles. The van der Waals surface area contributed by atoms with Gasteiger partial charge in [-0.25, -0.2) is 0 Å². The molecule has 0 radical (unpaired) electrons. The quantitative estimate of drug-likeness (QED) is 0.200. The number of tetrazole rings is 2. The maximum absolute atomic E-state index is 4.03. The molecule has 5 heterocycles. The number of aromatic nitrogens is 17. The van der Waals surface area contributed by atoms with Crippen LogP contribution in [0.2, 0.25) is 0 Å². The molecule has 5 aromatic rings. The van der Waals surface area contributed by atoms with Crippen molar-refractivity contribution >= 4 is 0 Å². The van der Waals surface area contributed by atoms with Crippen molar-refractivity contribution < 1.29 is 0 Å². The first-order valence-corrected chi connectivity index (χ1v) is 17.5. The van der Waals surface area contributed by atoms with E-state index in [1.165, 1.54) is 10.5 Å². The molecule has 50 heavy (non-hydrogen) atoms. The lowest BCUT2D eigenvalue weighted by Gasteiger charge is -2.03. The molecule has 0 saturated carbocycles. The highest BCUT2D eigenvalue weighted by Gasteiger charge is 2.09. The molecule has 17 nitrogen and oxygen atoms in total. The van der Waals surface area contributed by atoms with E-state index >= 15 is 0 Å². The Labute approximate surface area is 300 Å². The number of hydrogen-bond acceptors (Lipinski definition) is 12. The topological polar surface area (TPSA) is 179 Å².